The Hall–Kier alpha value is -5.16. The lowest BCUT2D eigenvalue weighted by Gasteiger charge is -2.32. The number of likely N-dealkylation sites (tertiary alicyclic amines) is 1. The lowest BCUT2D eigenvalue weighted by atomic mass is 10.1. The largest absolute Gasteiger partial charge is 0.483 e. The van der Waals surface area contributed by atoms with Crippen LogP contribution >= 0.6 is 11.6 Å². The second-order valence-electron chi connectivity index (χ2n) is 9.73. The highest BCUT2D eigenvalue weighted by Crippen LogP contribution is 2.37. The van der Waals surface area contributed by atoms with Gasteiger partial charge in [0.05, 0.1) is 25.5 Å². The Morgan fingerprint density at radius 2 is 1.98 bits per heavy atom. The van der Waals surface area contributed by atoms with E-state index >= 15 is 0 Å². The molecule has 1 aliphatic rings. The number of hydrogen-bond acceptors (Lipinski definition) is 10. The van der Waals surface area contributed by atoms with Crippen molar-refractivity contribution in [2.75, 3.05) is 32.1 Å². The zero-order valence-electron chi connectivity index (χ0n) is 24.3. The number of nitrogens with zero attached hydrogens (tertiary/aromatic N) is 6. The Morgan fingerprint density at radius 3 is 2.67 bits per heavy atom. The number of halogens is 3. The van der Waals surface area contributed by atoms with Crippen molar-refractivity contribution in [1.82, 2.24) is 34.6 Å². The summed E-state index contributed by atoms with van der Waals surface area (Å²) in [5.41, 5.74) is 0.742. The molecule has 15 nitrogen and oxygen atoms in total. The Morgan fingerprint density at radius 1 is 1.24 bits per heavy atom. The van der Waals surface area contributed by atoms with E-state index in [0.29, 0.717) is 31.6 Å². The molecule has 1 aromatic carbocycles. The number of anilines is 1. The predicted octanol–water partition coefficient (Wildman–Crippen LogP) is 2.55. The SMILES string of the molecule is COC(=O)CNC1CCN(C(=O)Cn2cc(NC(=O)c3cnn4cccnc34)c(-c3cc(Cl)ccc3OC(F)F)n2)CC1.O=CO. The van der Waals surface area contributed by atoms with Gasteiger partial charge in [-0.1, -0.05) is 11.6 Å². The van der Waals surface area contributed by atoms with Crippen LogP contribution < -0.4 is 15.4 Å². The molecule has 1 aliphatic heterocycles. The topological polar surface area (TPSA) is 182 Å². The summed E-state index contributed by atoms with van der Waals surface area (Å²) < 4.78 is 38.6. The van der Waals surface area contributed by atoms with E-state index in [1.165, 1.54) is 53.1 Å². The molecule has 5 rings (SSSR count). The summed E-state index contributed by atoms with van der Waals surface area (Å²) in [4.78, 5) is 52.1. The van der Waals surface area contributed by atoms with Gasteiger partial charge in [0, 0.05) is 48.3 Å². The zero-order chi connectivity index (χ0) is 33.2. The molecule has 0 aliphatic carbocycles. The molecule has 4 aromatic rings. The summed E-state index contributed by atoms with van der Waals surface area (Å²) in [6.07, 6.45) is 7.20. The first-order valence-corrected chi connectivity index (χ1v) is 14.1. The standard InChI is InChI=1S/C27H27ClF2N8O5.CH2O2/c1-42-23(40)13-32-17-5-9-36(10-6-17)22(39)15-37-14-20(34-26(41)19-12-33-38-8-2-7-31-25(19)38)24(35-37)18-11-16(28)3-4-21(18)43-27(29)30;2-1-3/h2-4,7-8,11-12,14,17,27,32H,5-6,9-10,13,15H2,1H3,(H,34,41);1H,(H,2,3). The molecule has 46 heavy (non-hydrogen) atoms. The smallest absolute Gasteiger partial charge is 0.387 e. The van der Waals surface area contributed by atoms with Crippen LogP contribution in [0.4, 0.5) is 14.5 Å². The Kier molecular flexibility index (Phi) is 11.5. The monoisotopic (exact) mass is 662 g/mol. The molecule has 0 saturated carbocycles. The quantitative estimate of drug-likeness (QED) is 0.168. The molecule has 2 amide bonds. The highest BCUT2D eigenvalue weighted by molar-refractivity contribution is 6.31. The van der Waals surface area contributed by atoms with Crippen LogP contribution in [0.15, 0.2) is 49.1 Å². The molecule has 0 radical (unpaired) electrons. The number of amides is 2. The van der Waals surface area contributed by atoms with Gasteiger partial charge in [-0.25, -0.2) is 9.50 Å². The molecule has 0 bridgehead atoms. The van der Waals surface area contributed by atoms with Gasteiger partial charge in [-0.05, 0) is 37.1 Å². The number of alkyl halides is 2. The summed E-state index contributed by atoms with van der Waals surface area (Å²) in [6, 6.07) is 5.76. The van der Waals surface area contributed by atoms with Crippen LogP contribution in [0.3, 0.4) is 0 Å². The maximum atomic E-state index is 13.3. The summed E-state index contributed by atoms with van der Waals surface area (Å²) in [7, 11) is 1.32. The number of piperidine rings is 1. The maximum absolute atomic E-state index is 13.3. The van der Waals surface area contributed by atoms with Crippen molar-refractivity contribution < 1.29 is 42.5 Å². The molecule has 0 unspecified atom stereocenters. The van der Waals surface area contributed by atoms with E-state index < -0.39 is 12.5 Å². The zero-order valence-corrected chi connectivity index (χ0v) is 25.1. The number of methoxy groups -OCH3 is 1. The van der Waals surface area contributed by atoms with Crippen molar-refractivity contribution in [2.45, 2.75) is 32.0 Å². The van der Waals surface area contributed by atoms with Crippen molar-refractivity contribution in [3.63, 3.8) is 0 Å². The van der Waals surface area contributed by atoms with Gasteiger partial charge in [0.15, 0.2) is 5.65 Å². The number of aromatic nitrogens is 5. The molecular formula is C28H29ClF2N8O7. The summed E-state index contributed by atoms with van der Waals surface area (Å²) >= 11 is 6.18. The third kappa shape index (κ3) is 8.51. The van der Waals surface area contributed by atoms with Gasteiger partial charge in [-0.15, -0.1) is 0 Å². The molecule has 18 heteroatoms. The normalized spacial score (nSPS) is 13.2. The number of carboxylic acid groups (broad SMARTS) is 1. The van der Waals surface area contributed by atoms with Crippen LogP contribution in [-0.2, 0) is 25.7 Å². The molecule has 4 heterocycles. The van der Waals surface area contributed by atoms with Crippen LogP contribution in [0, 0.1) is 0 Å². The van der Waals surface area contributed by atoms with Crippen molar-refractivity contribution in [3.8, 4) is 17.0 Å². The first kappa shape index (κ1) is 33.7. The minimum atomic E-state index is -3.13. The Labute approximate surface area is 265 Å². The molecule has 1 fully saturated rings. The van der Waals surface area contributed by atoms with Gasteiger partial charge >= 0.3 is 12.6 Å². The van der Waals surface area contributed by atoms with Crippen molar-refractivity contribution in [3.05, 3.63) is 59.6 Å². The minimum absolute atomic E-state index is 0.0618. The van der Waals surface area contributed by atoms with Crippen molar-refractivity contribution in [2.24, 2.45) is 0 Å². The van der Waals surface area contributed by atoms with Crippen LogP contribution in [-0.4, -0.2) is 98.0 Å². The summed E-state index contributed by atoms with van der Waals surface area (Å²) in [5.74, 6) is -1.40. The second-order valence-corrected chi connectivity index (χ2v) is 10.2. The van der Waals surface area contributed by atoms with Gasteiger partial charge < -0.3 is 30.1 Å². The highest BCUT2D eigenvalue weighted by Gasteiger charge is 2.26. The lowest BCUT2D eigenvalue weighted by Crippen LogP contribution is -2.47. The third-order valence-electron chi connectivity index (χ3n) is 6.85. The van der Waals surface area contributed by atoms with Crippen molar-refractivity contribution >= 4 is 47.2 Å². The number of esters is 1. The van der Waals surface area contributed by atoms with E-state index in [9.17, 15) is 23.2 Å². The van der Waals surface area contributed by atoms with E-state index in [2.05, 4.69) is 30.6 Å². The number of hydrogen-bond donors (Lipinski definition) is 3. The first-order valence-electron chi connectivity index (χ1n) is 13.7. The number of carbonyl (C=O) groups excluding carboxylic acids is 3. The molecule has 3 N–H and O–H groups in total. The van der Waals surface area contributed by atoms with Gasteiger partial charge in [0.25, 0.3) is 12.4 Å². The summed E-state index contributed by atoms with van der Waals surface area (Å²) in [5, 5.41) is 21.5. The van der Waals surface area contributed by atoms with Crippen LogP contribution in [0.5, 0.6) is 5.75 Å². The average Bonchev–Trinajstić information content (AvgIpc) is 3.65. The molecule has 0 spiro atoms. The van der Waals surface area contributed by atoms with E-state index in [0.717, 1.165) is 0 Å². The molecule has 3 aromatic heterocycles. The fourth-order valence-corrected chi connectivity index (χ4v) is 4.90. The molecular weight excluding hydrogens is 634 g/mol. The Balaban J connectivity index is 0.00000154. The highest BCUT2D eigenvalue weighted by atomic mass is 35.5. The fraction of sp³-hybridized carbons (Fsp3) is 0.321. The Bertz CT molecular complexity index is 1690. The van der Waals surface area contributed by atoms with Crippen LogP contribution in [0.2, 0.25) is 5.02 Å². The second kappa shape index (κ2) is 15.7. The fourth-order valence-electron chi connectivity index (χ4n) is 4.73. The number of ether oxygens (including phenoxy) is 2. The number of carbonyl (C=O) groups is 4. The molecule has 0 atom stereocenters. The van der Waals surface area contributed by atoms with Gasteiger partial charge in [0.1, 0.15) is 23.6 Å². The lowest BCUT2D eigenvalue weighted by molar-refractivity contribution is -0.140. The molecule has 244 valence electrons. The van der Waals surface area contributed by atoms with E-state index in [4.69, 9.17) is 26.2 Å². The van der Waals surface area contributed by atoms with Gasteiger partial charge in [0.2, 0.25) is 5.91 Å². The predicted molar refractivity (Wildman–Crippen MR) is 159 cm³/mol. The van der Waals surface area contributed by atoms with Gasteiger partial charge in [-0.3, -0.25) is 23.9 Å². The summed E-state index contributed by atoms with van der Waals surface area (Å²) in [6.45, 7) is -2.56. The van der Waals surface area contributed by atoms with E-state index in [-0.39, 0.29) is 70.8 Å². The van der Waals surface area contributed by atoms with E-state index in [1.807, 2.05) is 0 Å². The van der Waals surface area contributed by atoms with Crippen molar-refractivity contribution in [1.29, 1.82) is 0 Å². The van der Waals surface area contributed by atoms with Crippen LogP contribution in [0.25, 0.3) is 16.9 Å². The number of nitrogens with one attached hydrogen (secondary N) is 2. The maximum Gasteiger partial charge on any atom is 0.387 e. The van der Waals surface area contributed by atoms with E-state index in [1.54, 1.807) is 17.2 Å². The number of rotatable bonds is 10. The first-order chi connectivity index (χ1) is 22.1. The average molecular weight is 663 g/mol. The number of fused-ring (bicyclic) bond motifs is 1. The third-order valence-corrected chi connectivity index (χ3v) is 7.09. The number of benzene rings is 1. The molecule has 1 saturated heterocycles. The van der Waals surface area contributed by atoms with Crippen LogP contribution in [0.1, 0.15) is 23.2 Å². The minimum Gasteiger partial charge on any atom is -0.483 e. The van der Waals surface area contributed by atoms with Gasteiger partial charge in [-0.2, -0.15) is 19.0 Å².